The number of hydrogen-bond acceptors (Lipinski definition) is 4. The molecule has 0 aromatic heterocycles. The number of halogens is 6. The van der Waals surface area contributed by atoms with Gasteiger partial charge < -0.3 is 25.2 Å². The van der Waals surface area contributed by atoms with Gasteiger partial charge in [-0.15, -0.1) is 0 Å². The van der Waals surface area contributed by atoms with Crippen molar-refractivity contribution in [3.63, 3.8) is 0 Å². The molecule has 1 aliphatic heterocycles. The summed E-state index contributed by atoms with van der Waals surface area (Å²) >= 11 is 0. The molecule has 1 fully saturated rings. The maximum atomic E-state index is 13.6. The normalized spacial score (nSPS) is 14.7. The number of nitrogens with one attached hydrogen (secondary N) is 2. The summed E-state index contributed by atoms with van der Waals surface area (Å²) in [4.78, 5) is 30.1. The average Bonchev–Trinajstić information content (AvgIpc) is 2.96. The van der Waals surface area contributed by atoms with Gasteiger partial charge in [0.15, 0.2) is 0 Å². The van der Waals surface area contributed by atoms with E-state index in [4.69, 9.17) is 4.74 Å². The number of carbonyl (C=O) groups is 2. The van der Waals surface area contributed by atoms with E-state index in [9.17, 15) is 35.9 Å². The molecule has 1 saturated heterocycles. The summed E-state index contributed by atoms with van der Waals surface area (Å²) in [6, 6.07) is 14.8. The number of benzene rings is 3. The topological polar surface area (TPSA) is 73.9 Å². The van der Waals surface area contributed by atoms with Crippen LogP contribution in [0.5, 0.6) is 5.75 Å². The lowest BCUT2D eigenvalue weighted by Crippen LogP contribution is -2.56. The fraction of sp³-hybridized carbons (Fsp3) is 0.333. The summed E-state index contributed by atoms with van der Waals surface area (Å²) in [5.41, 5.74) is -2.28. The third-order valence-corrected chi connectivity index (χ3v) is 6.83. The first-order valence-corrected chi connectivity index (χ1v) is 13.5. The van der Waals surface area contributed by atoms with Gasteiger partial charge in [0.05, 0.1) is 23.4 Å². The highest BCUT2D eigenvalue weighted by atomic mass is 19.4. The van der Waals surface area contributed by atoms with E-state index in [1.54, 1.807) is 35.2 Å². The SMILES string of the molecule is CCOc1ccccc1N1CCN(C(=O)C(Cc2ccccc2)NC(=O)Nc2cc(C(F)(F)F)cc(C(F)(F)F)c2)CC1. The molecule has 3 amide bonds. The Labute approximate surface area is 244 Å². The van der Waals surface area contributed by atoms with Crippen molar-refractivity contribution in [2.24, 2.45) is 0 Å². The summed E-state index contributed by atoms with van der Waals surface area (Å²) in [5, 5.41) is 4.50. The lowest BCUT2D eigenvalue weighted by atomic mass is 10.0. The summed E-state index contributed by atoms with van der Waals surface area (Å²) in [6.45, 7) is 3.95. The van der Waals surface area contributed by atoms with Crippen molar-refractivity contribution < 1.29 is 40.7 Å². The zero-order valence-corrected chi connectivity index (χ0v) is 23.1. The number of hydrogen-bond donors (Lipinski definition) is 2. The molecule has 1 unspecified atom stereocenters. The summed E-state index contributed by atoms with van der Waals surface area (Å²) in [5.74, 6) is 0.283. The quantitative estimate of drug-likeness (QED) is 0.299. The van der Waals surface area contributed by atoms with Crippen LogP contribution in [0.3, 0.4) is 0 Å². The fourth-order valence-corrected chi connectivity index (χ4v) is 4.79. The number of carbonyl (C=O) groups excluding carboxylic acids is 2. The lowest BCUT2D eigenvalue weighted by Gasteiger charge is -2.38. The molecule has 4 rings (SSSR count). The second kappa shape index (κ2) is 13.3. The van der Waals surface area contributed by atoms with Gasteiger partial charge in [-0.1, -0.05) is 42.5 Å². The van der Waals surface area contributed by atoms with Crippen LogP contribution in [0.2, 0.25) is 0 Å². The molecule has 0 spiro atoms. The van der Waals surface area contributed by atoms with Gasteiger partial charge in [0.1, 0.15) is 11.8 Å². The van der Waals surface area contributed by atoms with E-state index in [0.717, 1.165) is 5.69 Å². The molecule has 2 N–H and O–H groups in total. The average molecular weight is 609 g/mol. The maximum Gasteiger partial charge on any atom is 0.416 e. The molecule has 3 aromatic rings. The summed E-state index contributed by atoms with van der Waals surface area (Å²) in [6.07, 6.45) is -10.1. The lowest BCUT2D eigenvalue weighted by molar-refractivity contribution is -0.143. The van der Waals surface area contributed by atoms with E-state index < -0.39 is 47.1 Å². The second-order valence-electron chi connectivity index (χ2n) is 9.85. The number of amides is 3. The number of urea groups is 1. The van der Waals surface area contributed by atoms with Crippen LogP contribution in [0.1, 0.15) is 23.6 Å². The third-order valence-electron chi connectivity index (χ3n) is 6.83. The number of rotatable bonds is 8. The Kier molecular flexibility index (Phi) is 9.72. The van der Waals surface area contributed by atoms with Crippen molar-refractivity contribution in [2.75, 3.05) is 43.0 Å². The largest absolute Gasteiger partial charge is 0.492 e. The molecular weight excluding hydrogens is 578 g/mol. The molecule has 7 nitrogen and oxygen atoms in total. The Morgan fingerprint density at radius 1 is 0.837 bits per heavy atom. The Bertz CT molecular complexity index is 1370. The van der Waals surface area contributed by atoms with Gasteiger partial charge in [-0.3, -0.25) is 4.79 Å². The molecule has 13 heteroatoms. The molecule has 230 valence electrons. The van der Waals surface area contributed by atoms with Gasteiger partial charge in [-0.25, -0.2) is 4.79 Å². The number of ether oxygens (including phenoxy) is 1. The van der Waals surface area contributed by atoms with Gasteiger partial charge in [-0.05, 0) is 42.8 Å². The minimum atomic E-state index is -5.08. The maximum absolute atomic E-state index is 13.6. The molecule has 1 heterocycles. The number of piperazine rings is 1. The standard InChI is InChI=1S/C30H30F6N4O3/c1-2-43-26-11-7-6-10-25(26)39-12-14-40(15-13-39)27(41)24(16-20-8-4-3-5-9-20)38-28(42)37-23-18-21(29(31,32)33)17-22(19-23)30(34,35)36/h3-11,17-19,24H,2,12-16H2,1H3,(H2,37,38,42). The van der Waals surface area contributed by atoms with Crippen molar-refractivity contribution in [3.8, 4) is 5.75 Å². The van der Waals surface area contributed by atoms with E-state index in [0.29, 0.717) is 56.2 Å². The van der Waals surface area contributed by atoms with E-state index in [1.807, 2.05) is 36.5 Å². The van der Waals surface area contributed by atoms with Crippen LogP contribution in [0.4, 0.5) is 42.5 Å². The van der Waals surface area contributed by atoms with E-state index in [1.165, 1.54) is 0 Å². The van der Waals surface area contributed by atoms with Crippen molar-refractivity contribution in [1.29, 1.82) is 0 Å². The van der Waals surface area contributed by atoms with Gasteiger partial charge in [-0.2, -0.15) is 26.3 Å². The van der Waals surface area contributed by atoms with Crippen molar-refractivity contribution in [3.05, 3.63) is 89.5 Å². The van der Waals surface area contributed by atoms with Crippen LogP contribution in [-0.2, 0) is 23.6 Å². The van der Waals surface area contributed by atoms with Gasteiger partial charge >= 0.3 is 18.4 Å². The number of para-hydroxylation sites is 2. The molecule has 1 aliphatic rings. The molecule has 0 bridgehead atoms. The fourth-order valence-electron chi connectivity index (χ4n) is 4.79. The smallest absolute Gasteiger partial charge is 0.416 e. The Morgan fingerprint density at radius 3 is 2.00 bits per heavy atom. The van der Waals surface area contributed by atoms with E-state index in [-0.39, 0.29) is 12.5 Å². The van der Waals surface area contributed by atoms with Crippen molar-refractivity contribution in [1.82, 2.24) is 10.2 Å². The molecule has 0 saturated carbocycles. The Balaban J connectivity index is 1.50. The highest BCUT2D eigenvalue weighted by Crippen LogP contribution is 2.37. The first kappa shape index (κ1) is 31.5. The van der Waals surface area contributed by atoms with E-state index >= 15 is 0 Å². The predicted octanol–water partition coefficient (Wildman–Crippen LogP) is 6.20. The zero-order chi connectivity index (χ0) is 31.2. The van der Waals surface area contributed by atoms with Crippen LogP contribution in [0.25, 0.3) is 0 Å². The van der Waals surface area contributed by atoms with Gasteiger partial charge in [0, 0.05) is 38.3 Å². The van der Waals surface area contributed by atoms with Crippen LogP contribution in [-0.4, -0.2) is 55.7 Å². The number of anilines is 2. The molecule has 0 radical (unpaired) electrons. The van der Waals surface area contributed by atoms with Crippen LogP contribution < -0.4 is 20.3 Å². The first-order valence-electron chi connectivity index (χ1n) is 13.5. The minimum Gasteiger partial charge on any atom is -0.492 e. The summed E-state index contributed by atoms with van der Waals surface area (Å²) < 4.78 is 85.4. The Morgan fingerprint density at radius 2 is 1.42 bits per heavy atom. The van der Waals surface area contributed by atoms with Crippen molar-refractivity contribution in [2.45, 2.75) is 31.7 Å². The van der Waals surface area contributed by atoms with Gasteiger partial charge in [0.2, 0.25) is 5.91 Å². The number of nitrogens with zero attached hydrogens (tertiary/aromatic N) is 2. The van der Waals surface area contributed by atoms with Crippen molar-refractivity contribution >= 4 is 23.3 Å². The molecular formula is C30H30F6N4O3. The zero-order valence-electron chi connectivity index (χ0n) is 23.1. The van der Waals surface area contributed by atoms with Crippen LogP contribution in [0, 0.1) is 0 Å². The highest BCUT2D eigenvalue weighted by molar-refractivity contribution is 5.94. The third kappa shape index (κ3) is 8.33. The minimum absolute atomic E-state index is 0.0305. The second-order valence-corrected chi connectivity index (χ2v) is 9.85. The van der Waals surface area contributed by atoms with Crippen LogP contribution in [0.15, 0.2) is 72.8 Å². The monoisotopic (exact) mass is 608 g/mol. The molecule has 43 heavy (non-hydrogen) atoms. The highest BCUT2D eigenvalue weighted by Gasteiger charge is 2.37. The molecule has 3 aromatic carbocycles. The molecule has 1 atom stereocenters. The first-order chi connectivity index (χ1) is 20.3. The number of alkyl halides is 6. The Hall–Kier alpha value is -4.42. The van der Waals surface area contributed by atoms with Crippen LogP contribution >= 0.6 is 0 Å². The van der Waals surface area contributed by atoms with Gasteiger partial charge in [0.25, 0.3) is 0 Å². The predicted molar refractivity (Wildman–Crippen MR) is 149 cm³/mol. The summed E-state index contributed by atoms with van der Waals surface area (Å²) in [7, 11) is 0. The van der Waals surface area contributed by atoms with E-state index in [2.05, 4.69) is 10.2 Å². The molecule has 0 aliphatic carbocycles.